The number of aromatic nitrogens is 1. The normalized spacial score (nSPS) is 15.9. The van der Waals surface area contributed by atoms with Gasteiger partial charge in [0, 0.05) is 36.4 Å². The summed E-state index contributed by atoms with van der Waals surface area (Å²) in [5, 5.41) is 0.787. The number of rotatable bonds is 5. The molecule has 0 unspecified atom stereocenters. The number of halogens is 1. The number of ether oxygens (including phenoxy) is 1. The van der Waals surface area contributed by atoms with E-state index in [4.69, 9.17) is 27.1 Å². The maximum atomic E-state index is 11.6. The average Bonchev–Trinajstić information content (AvgIpc) is 3.01. The zero-order valence-corrected chi connectivity index (χ0v) is 19.9. The third-order valence-electron chi connectivity index (χ3n) is 6.76. The van der Waals surface area contributed by atoms with E-state index in [1.807, 2.05) is 24.4 Å². The summed E-state index contributed by atoms with van der Waals surface area (Å²) < 4.78 is 5.89. The molecule has 0 radical (unpaired) electrons. The Balaban J connectivity index is 1.32. The Bertz CT molecular complexity index is 1240. The van der Waals surface area contributed by atoms with Gasteiger partial charge in [0.15, 0.2) is 0 Å². The Morgan fingerprint density at radius 1 is 1.00 bits per heavy atom. The summed E-state index contributed by atoms with van der Waals surface area (Å²) in [5.74, 6) is 0.0786. The number of aryl methyl sites for hydroxylation is 2. The number of nitrogens with zero attached hydrogens (tertiary/aromatic N) is 2. The second-order valence-electron chi connectivity index (χ2n) is 8.84. The van der Waals surface area contributed by atoms with Crippen LogP contribution in [0.25, 0.3) is 5.57 Å². The highest BCUT2D eigenvalue weighted by Gasteiger charge is 2.25. The van der Waals surface area contributed by atoms with Crippen LogP contribution in [0.4, 0.5) is 0 Å². The second-order valence-corrected chi connectivity index (χ2v) is 9.28. The number of hydrogen-bond donors (Lipinski definition) is 1. The molecule has 1 saturated heterocycles. The summed E-state index contributed by atoms with van der Waals surface area (Å²) in [5.41, 5.74) is 13.6. The number of pyridine rings is 1. The predicted octanol–water partition coefficient (Wildman–Crippen LogP) is 4.91. The van der Waals surface area contributed by atoms with Crippen LogP contribution >= 0.6 is 11.6 Å². The van der Waals surface area contributed by atoms with Crippen molar-refractivity contribution >= 4 is 23.1 Å². The molecule has 0 saturated carbocycles. The molecule has 34 heavy (non-hydrogen) atoms. The van der Waals surface area contributed by atoms with Gasteiger partial charge in [-0.2, -0.15) is 0 Å². The summed E-state index contributed by atoms with van der Waals surface area (Å²) in [4.78, 5) is 18.8. The Kier molecular flexibility index (Phi) is 6.66. The minimum absolute atomic E-state index is 0.423. The minimum Gasteiger partial charge on any atom is -0.491 e. The number of amides is 1. The lowest BCUT2D eigenvalue weighted by Crippen LogP contribution is -2.34. The predicted molar refractivity (Wildman–Crippen MR) is 135 cm³/mol. The summed E-state index contributed by atoms with van der Waals surface area (Å²) >= 11 is 6.34. The van der Waals surface area contributed by atoms with Crippen molar-refractivity contribution in [1.82, 2.24) is 9.88 Å². The van der Waals surface area contributed by atoms with Crippen LogP contribution < -0.4 is 10.5 Å². The van der Waals surface area contributed by atoms with Crippen molar-refractivity contribution in [3.05, 3.63) is 99.3 Å². The first-order valence-corrected chi connectivity index (χ1v) is 12.2. The minimum atomic E-state index is -0.469. The van der Waals surface area contributed by atoms with Gasteiger partial charge in [0.25, 0.3) is 5.91 Å². The number of benzene rings is 2. The number of likely N-dealkylation sites (tertiary alicyclic amines) is 1. The summed E-state index contributed by atoms with van der Waals surface area (Å²) in [6.45, 7) is 3.24. The number of carbonyl (C=O) groups is 1. The molecule has 1 aliphatic carbocycles. The van der Waals surface area contributed by atoms with Crippen LogP contribution in [-0.2, 0) is 12.8 Å². The van der Waals surface area contributed by atoms with Crippen molar-refractivity contribution in [1.29, 1.82) is 0 Å². The van der Waals surface area contributed by atoms with Crippen molar-refractivity contribution in [3.8, 4) is 5.75 Å². The molecule has 2 N–H and O–H groups in total. The van der Waals surface area contributed by atoms with E-state index in [2.05, 4.69) is 23.1 Å². The van der Waals surface area contributed by atoms with E-state index in [1.165, 1.54) is 27.8 Å². The number of nitrogens with two attached hydrogens (primary N) is 1. The molecular formula is C28H28ClN3O2. The molecule has 5 rings (SSSR count). The molecule has 1 amide bonds. The van der Waals surface area contributed by atoms with Gasteiger partial charge in [0.05, 0.1) is 11.3 Å². The van der Waals surface area contributed by atoms with Gasteiger partial charge in [0.1, 0.15) is 12.4 Å². The molecule has 1 aromatic heterocycles. The highest BCUT2D eigenvalue weighted by Crippen LogP contribution is 2.38. The Labute approximate surface area is 205 Å². The fourth-order valence-corrected chi connectivity index (χ4v) is 5.21. The molecule has 2 aliphatic rings. The van der Waals surface area contributed by atoms with Crippen LogP contribution in [0.1, 0.15) is 45.6 Å². The van der Waals surface area contributed by atoms with Crippen molar-refractivity contribution in [3.63, 3.8) is 0 Å². The van der Waals surface area contributed by atoms with Gasteiger partial charge in [-0.25, -0.2) is 0 Å². The number of para-hydroxylation sites is 1. The number of fused-ring (bicyclic) bond motifs is 2. The van der Waals surface area contributed by atoms with Crippen LogP contribution in [0.2, 0.25) is 5.02 Å². The number of carbonyl (C=O) groups excluding carboxylic acids is 1. The molecule has 0 bridgehead atoms. The zero-order chi connectivity index (χ0) is 23.5. The summed E-state index contributed by atoms with van der Waals surface area (Å²) in [6.07, 6.45) is 5.83. The first-order chi connectivity index (χ1) is 16.6. The standard InChI is InChI=1S/C28H28ClN3O2/c29-22-9-10-23-21(18-22)8-7-20-4-3-13-31-27(20)26(23)19-11-14-32(15-12-19)16-17-34-25-6-2-1-5-24(25)28(30)33/h1-6,9-10,13,18H,7-8,11-12,14-17H2,(H2,30,33). The van der Waals surface area contributed by atoms with Gasteiger partial charge in [-0.3, -0.25) is 14.7 Å². The Morgan fingerprint density at radius 3 is 2.62 bits per heavy atom. The van der Waals surface area contributed by atoms with Crippen molar-refractivity contribution in [2.45, 2.75) is 25.7 Å². The molecule has 1 fully saturated rings. The number of primary amides is 1. The van der Waals surface area contributed by atoms with E-state index >= 15 is 0 Å². The molecule has 5 nitrogen and oxygen atoms in total. The maximum Gasteiger partial charge on any atom is 0.252 e. The fraction of sp³-hybridized carbons (Fsp3) is 0.286. The lowest BCUT2D eigenvalue weighted by Gasteiger charge is -2.30. The highest BCUT2D eigenvalue weighted by molar-refractivity contribution is 6.30. The molecule has 6 heteroatoms. The van der Waals surface area contributed by atoms with Crippen LogP contribution in [0, 0.1) is 0 Å². The SMILES string of the molecule is NC(=O)c1ccccc1OCCN1CCC(=C2c3ccc(Cl)cc3CCc3cccnc32)CC1. The van der Waals surface area contributed by atoms with Gasteiger partial charge in [-0.1, -0.05) is 41.4 Å². The molecule has 3 aromatic rings. The fourth-order valence-electron chi connectivity index (χ4n) is 5.01. The molecule has 0 spiro atoms. The summed E-state index contributed by atoms with van der Waals surface area (Å²) in [7, 11) is 0. The quantitative estimate of drug-likeness (QED) is 0.571. The topological polar surface area (TPSA) is 68.5 Å². The zero-order valence-electron chi connectivity index (χ0n) is 19.1. The van der Waals surface area contributed by atoms with Crippen molar-refractivity contribution in [2.24, 2.45) is 5.73 Å². The van der Waals surface area contributed by atoms with E-state index in [0.29, 0.717) is 17.9 Å². The smallest absolute Gasteiger partial charge is 0.252 e. The number of hydrogen-bond acceptors (Lipinski definition) is 4. The largest absolute Gasteiger partial charge is 0.491 e. The monoisotopic (exact) mass is 473 g/mol. The van der Waals surface area contributed by atoms with Gasteiger partial charge in [-0.05, 0) is 72.7 Å². The molecule has 2 heterocycles. The van der Waals surface area contributed by atoms with Crippen LogP contribution in [-0.4, -0.2) is 42.0 Å². The Morgan fingerprint density at radius 2 is 1.79 bits per heavy atom. The average molecular weight is 474 g/mol. The third-order valence-corrected chi connectivity index (χ3v) is 6.99. The van der Waals surface area contributed by atoms with Gasteiger partial charge in [-0.15, -0.1) is 0 Å². The van der Waals surface area contributed by atoms with E-state index in [1.54, 1.807) is 18.2 Å². The lowest BCUT2D eigenvalue weighted by atomic mass is 9.88. The first-order valence-electron chi connectivity index (χ1n) is 11.8. The van der Waals surface area contributed by atoms with Crippen molar-refractivity contribution < 1.29 is 9.53 Å². The molecule has 2 aromatic carbocycles. The van der Waals surface area contributed by atoms with Crippen LogP contribution in [0.5, 0.6) is 5.75 Å². The molecule has 1 aliphatic heterocycles. The summed E-state index contributed by atoms with van der Waals surface area (Å²) in [6, 6.07) is 17.6. The van der Waals surface area contributed by atoms with E-state index in [9.17, 15) is 4.79 Å². The third kappa shape index (κ3) is 4.72. The van der Waals surface area contributed by atoms with E-state index in [0.717, 1.165) is 56.0 Å². The van der Waals surface area contributed by atoms with Gasteiger partial charge in [0.2, 0.25) is 0 Å². The first kappa shape index (κ1) is 22.6. The van der Waals surface area contributed by atoms with Gasteiger partial charge < -0.3 is 10.5 Å². The van der Waals surface area contributed by atoms with Crippen LogP contribution in [0.15, 0.2) is 66.4 Å². The molecule has 174 valence electrons. The van der Waals surface area contributed by atoms with E-state index < -0.39 is 5.91 Å². The van der Waals surface area contributed by atoms with Crippen LogP contribution in [0.3, 0.4) is 0 Å². The van der Waals surface area contributed by atoms with E-state index in [-0.39, 0.29) is 0 Å². The van der Waals surface area contributed by atoms with Gasteiger partial charge >= 0.3 is 0 Å². The van der Waals surface area contributed by atoms with Crippen molar-refractivity contribution in [2.75, 3.05) is 26.2 Å². The molecule has 0 atom stereocenters. The lowest BCUT2D eigenvalue weighted by molar-refractivity contribution is 0.0995. The Hall–Kier alpha value is -3.15. The number of piperidine rings is 1. The maximum absolute atomic E-state index is 11.6. The second kappa shape index (κ2) is 10.00. The highest BCUT2D eigenvalue weighted by atomic mass is 35.5. The molecular weight excluding hydrogens is 446 g/mol.